The summed E-state index contributed by atoms with van der Waals surface area (Å²) in [4.78, 5) is 4.19. The monoisotopic (exact) mass is 166 g/mol. The summed E-state index contributed by atoms with van der Waals surface area (Å²) in [5.74, 6) is 0.618. The fourth-order valence-electron chi connectivity index (χ4n) is 1.07. The molecule has 1 aromatic rings. The van der Waals surface area contributed by atoms with Crippen LogP contribution in [-0.4, -0.2) is 12.1 Å². The molecule has 0 amide bonds. The average Bonchev–Trinajstić information content (AvgIpc) is 2.05. The Morgan fingerprint density at radius 2 is 2.25 bits per heavy atom. The van der Waals surface area contributed by atoms with Gasteiger partial charge in [0.15, 0.2) is 0 Å². The fourth-order valence-corrected chi connectivity index (χ4v) is 1.07. The summed E-state index contributed by atoms with van der Waals surface area (Å²) < 4.78 is 4.94. The topological polar surface area (TPSA) is 48.1 Å². The summed E-state index contributed by atoms with van der Waals surface area (Å²) in [5.41, 5.74) is 7.67. The van der Waals surface area contributed by atoms with Crippen LogP contribution in [0.5, 0.6) is 0 Å². The van der Waals surface area contributed by atoms with Gasteiger partial charge in [0.05, 0.1) is 12.3 Å². The van der Waals surface area contributed by atoms with Crippen LogP contribution >= 0.6 is 0 Å². The van der Waals surface area contributed by atoms with Crippen LogP contribution in [0.2, 0.25) is 0 Å². The second-order valence-electron chi connectivity index (χ2n) is 2.63. The Hall–Kier alpha value is -1.09. The molecule has 0 aliphatic carbocycles. The van der Waals surface area contributed by atoms with Gasteiger partial charge in [-0.3, -0.25) is 0 Å². The van der Waals surface area contributed by atoms with Crippen LogP contribution in [0, 0.1) is 0 Å². The Balaban J connectivity index is 2.86. The molecular weight excluding hydrogens is 152 g/mol. The van der Waals surface area contributed by atoms with Gasteiger partial charge in [0.25, 0.3) is 0 Å². The summed E-state index contributed by atoms with van der Waals surface area (Å²) in [6.45, 7) is 2.58. The van der Waals surface area contributed by atoms with Gasteiger partial charge in [-0.15, -0.1) is 0 Å². The minimum atomic E-state index is 0.522. The van der Waals surface area contributed by atoms with Crippen molar-refractivity contribution in [3.05, 3.63) is 23.4 Å². The average molecular weight is 166 g/mol. The van der Waals surface area contributed by atoms with E-state index in [0.29, 0.717) is 12.4 Å². The van der Waals surface area contributed by atoms with E-state index in [-0.39, 0.29) is 0 Å². The molecule has 0 bridgehead atoms. The molecule has 1 heterocycles. The molecule has 0 saturated heterocycles. The molecule has 12 heavy (non-hydrogen) atoms. The van der Waals surface area contributed by atoms with Crippen LogP contribution in [-0.2, 0) is 17.8 Å². The zero-order valence-corrected chi connectivity index (χ0v) is 7.50. The van der Waals surface area contributed by atoms with Crippen LogP contribution in [0.15, 0.2) is 12.1 Å². The molecule has 0 atom stereocenters. The SMILES string of the molecule is CCc1ccc(COC)nc1N. The van der Waals surface area contributed by atoms with Crippen molar-refractivity contribution in [3.63, 3.8) is 0 Å². The molecule has 0 radical (unpaired) electrons. The van der Waals surface area contributed by atoms with Gasteiger partial charge in [-0.25, -0.2) is 4.98 Å². The predicted octanol–water partition coefficient (Wildman–Crippen LogP) is 1.37. The summed E-state index contributed by atoms with van der Waals surface area (Å²) in [6, 6.07) is 3.94. The molecule has 1 rings (SSSR count). The lowest BCUT2D eigenvalue weighted by Crippen LogP contribution is -2.00. The van der Waals surface area contributed by atoms with E-state index in [1.54, 1.807) is 7.11 Å². The van der Waals surface area contributed by atoms with E-state index >= 15 is 0 Å². The van der Waals surface area contributed by atoms with E-state index in [4.69, 9.17) is 10.5 Å². The molecule has 0 saturated carbocycles. The first-order valence-corrected chi connectivity index (χ1v) is 4.01. The van der Waals surface area contributed by atoms with Gasteiger partial charge < -0.3 is 10.5 Å². The van der Waals surface area contributed by atoms with E-state index in [2.05, 4.69) is 11.9 Å². The van der Waals surface area contributed by atoms with Gasteiger partial charge in [-0.1, -0.05) is 13.0 Å². The molecule has 3 heteroatoms. The summed E-state index contributed by atoms with van der Waals surface area (Å²) >= 11 is 0. The van der Waals surface area contributed by atoms with Crippen molar-refractivity contribution in [1.29, 1.82) is 0 Å². The molecule has 0 fully saturated rings. The van der Waals surface area contributed by atoms with Crippen LogP contribution in [0.25, 0.3) is 0 Å². The molecule has 1 aromatic heterocycles. The molecule has 2 N–H and O–H groups in total. The summed E-state index contributed by atoms with van der Waals surface area (Å²) in [6.07, 6.45) is 0.923. The zero-order chi connectivity index (χ0) is 8.97. The standard InChI is InChI=1S/C9H14N2O/c1-3-7-4-5-8(6-12-2)11-9(7)10/h4-5H,3,6H2,1-2H3,(H2,10,11). The lowest BCUT2D eigenvalue weighted by atomic mass is 10.2. The van der Waals surface area contributed by atoms with Crippen LogP contribution in [0.3, 0.4) is 0 Å². The molecule has 0 spiro atoms. The second kappa shape index (κ2) is 4.07. The van der Waals surface area contributed by atoms with Crippen molar-refractivity contribution in [1.82, 2.24) is 4.98 Å². The normalized spacial score (nSPS) is 10.2. The first kappa shape index (κ1) is 9.00. The van der Waals surface area contributed by atoms with Crippen molar-refractivity contribution < 1.29 is 4.74 Å². The van der Waals surface area contributed by atoms with Crippen LogP contribution in [0.4, 0.5) is 5.82 Å². The molecule has 0 unspecified atom stereocenters. The number of nitrogens with two attached hydrogens (primary N) is 1. The molecular formula is C9H14N2O. The Labute approximate surface area is 72.6 Å². The minimum absolute atomic E-state index is 0.522. The predicted molar refractivity (Wildman–Crippen MR) is 48.7 cm³/mol. The van der Waals surface area contributed by atoms with E-state index in [1.165, 1.54) is 0 Å². The molecule has 66 valence electrons. The third-order valence-corrected chi connectivity index (χ3v) is 1.74. The maximum Gasteiger partial charge on any atom is 0.126 e. The molecule has 0 aliphatic rings. The molecule has 0 aliphatic heterocycles. The van der Waals surface area contributed by atoms with Crippen molar-refractivity contribution >= 4 is 5.82 Å². The Kier molecular flexibility index (Phi) is 3.05. The van der Waals surface area contributed by atoms with Crippen LogP contribution < -0.4 is 5.73 Å². The number of hydrogen-bond acceptors (Lipinski definition) is 3. The highest BCUT2D eigenvalue weighted by Gasteiger charge is 1.99. The maximum atomic E-state index is 5.70. The van der Waals surface area contributed by atoms with E-state index in [0.717, 1.165) is 17.7 Å². The number of pyridine rings is 1. The largest absolute Gasteiger partial charge is 0.383 e. The lowest BCUT2D eigenvalue weighted by molar-refractivity contribution is 0.181. The third-order valence-electron chi connectivity index (χ3n) is 1.74. The number of ether oxygens (including phenoxy) is 1. The van der Waals surface area contributed by atoms with Gasteiger partial charge in [-0.05, 0) is 18.1 Å². The van der Waals surface area contributed by atoms with E-state index in [9.17, 15) is 0 Å². The Morgan fingerprint density at radius 3 is 2.75 bits per heavy atom. The number of anilines is 1. The molecule has 0 aromatic carbocycles. The quantitative estimate of drug-likeness (QED) is 0.737. The zero-order valence-electron chi connectivity index (χ0n) is 7.50. The second-order valence-corrected chi connectivity index (χ2v) is 2.63. The highest BCUT2D eigenvalue weighted by molar-refractivity contribution is 5.39. The lowest BCUT2D eigenvalue weighted by Gasteiger charge is -2.04. The number of nitrogens with zero attached hydrogens (tertiary/aromatic N) is 1. The fraction of sp³-hybridized carbons (Fsp3) is 0.444. The van der Waals surface area contributed by atoms with E-state index in [1.807, 2.05) is 12.1 Å². The van der Waals surface area contributed by atoms with Gasteiger partial charge in [0.1, 0.15) is 5.82 Å². The van der Waals surface area contributed by atoms with E-state index < -0.39 is 0 Å². The van der Waals surface area contributed by atoms with Crippen molar-refractivity contribution in [2.45, 2.75) is 20.0 Å². The van der Waals surface area contributed by atoms with Crippen molar-refractivity contribution in [2.75, 3.05) is 12.8 Å². The van der Waals surface area contributed by atoms with Gasteiger partial charge in [0.2, 0.25) is 0 Å². The van der Waals surface area contributed by atoms with Crippen molar-refractivity contribution in [3.8, 4) is 0 Å². The van der Waals surface area contributed by atoms with Gasteiger partial charge in [-0.2, -0.15) is 0 Å². The Morgan fingerprint density at radius 1 is 1.50 bits per heavy atom. The molecule has 3 nitrogen and oxygen atoms in total. The number of methoxy groups -OCH3 is 1. The highest BCUT2D eigenvalue weighted by Crippen LogP contribution is 2.10. The number of aryl methyl sites for hydroxylation is 1. The highest BCUT2D eigenvalue weighted by atomic mass is 16.5. The number of rotatable bonds is 3. The van der Waals surface area contributed by atoms with Crippen LogP contribution in [0.1, 0.15) is 18.2 Å². The first-order chi connectivity index (χ1) is 5.77. The number of nitrogen functional groups attached to an aromatic ring is 1. The smallest absolute Gasteiger partial charge is 0.126 e. The maximum absolute atomic E-state index is 5.70. The Bertz CT molecular complexity index is 261. The minimum Gasteiger partial charge on any atom is -0.383 e. The summed E-state index contributed by atoms with van der Waals surface area (Å²) in [7, 11) is 1.64. The van der Waals surface area contributed by atoms with Gasteiger partial charge >= 0.3 is 0 Å². The summed E-state index contributed by atoms with van der Waals surface area (Å²) in [5, 5.41) is 0. The number of aromatic nitrogens is 1. The number of hydrogen-bond donors (Lipinski definition) is 1. The van der Waals surface area contributed by atoms with Gasteiger partial charge in [0, 0.05) is 7.11 Å². The van der Waals surface area contributed by atoms with Crippen molar-refractivity contribution in [2.24, 2.45) is 0 Å². The third kappa shape index (κ3) is 1.95. The first-order valence-electron chi connectivity index (χ1n) is 4.01.